The van der Waals surface area contributed by atoms with Gasteiger partial charge in [-0.3, -0.25) is 9.69 Å². The molecule has 0 radical (unpaired) electrons. The van der Waals surface area contributed by atoms with Crippen LogP contribution in [-0.4, -0.2) is 59.4 Å². The summed E-state index contributed by atoms with van der Waals surface area (Å²) >= 11 is 0. The maximum atomic E-state index is 12.5. The number of nitrogens with zero attached hydrogens (tertiary/aromatic N) is 3. The molecule has 118 valence electrons. The first-order valence-corrected chi connectivity index (χ1v) is 8.02. The first kappa shape index (κ1) is 16.2. The number of rotatable bonds is 5. The number of aryl methyl sites for hydroxylation is 1. The van der Waals surface area contributed by atoms with Gasteiger partial charge < -0.3 is 9.47 Å². The van der Waals surface area contributed by atoms with E-state index in [0.717, 1.165) is 36.6 Å². The zero-order chi connectivity index (χ0) is 15.6. The fraction of sp³-hybridized carbons (Fsp3) is 0.706. The van der Waals surface area contributed by atoms with Crippen molar-refractivity contribution in [2.45, 2.75) is 39.7 Å². The minimum atomic E-state index is 0.247. The minimum Gasteiger partial charge on any atom is -0.351 e. The third kappa shape index (κ3) is 3.55. The van der Waals surface area contributed by atoms with Crippen molar-refractivity contribution in [3.63, 3.8) is 0 Å². The number of likely N-dealkylation sites (tertiary alicyclic amines) is 1. The summed E-state index contributed by atoms with van der Waals surface area (Å²) in [5.41, 5.74) is 3.11. The molecule has 0 aliphatic carbocycles. The van der Waals surface area contributed by atoms with Gasteiger partial charge >= 0.3 is 0 Å². The topological polar surface area (TPSA) is 28.5 Å². The Morgan fingerprint density at radius 3 is 2.43 bits per heavy atom. The fourth-order valence-electron chi connectivity index (χ4n) is 3.25. The molecule has 0 amide bonds. The van der Waals surface area contributed by atoms with Gasteiger partial charge in [-0.1, -0.05) is 6.92 Å². The van der Waals surface area contributed by atoms with Crippen molar-refractivity contribution < 1.29 is 4.79 Å². The van der Waals surface area contributed by atoms with Gasteiger partial charge in [-0.05, 0) is 59.4 Å². The molecule has 0 spiro atoms. The van der Waals surface area contributed by atoms with E-state index in [2.05, 4.69) is 28.3 Å². The SMILES string of the molecule is CCN1CCC(N(C)CC(=O)c2cc(C)n(C)c2C)CC1. The van der Waals surface area contributed by atoms with Gasteiger partial charge in [-0.15, -0.1) is 0 Å². The molecular formula is C17H29N3O. The standard InChI is InChI=1S/C17H29N3O/c1-6-20-9-7-15(8-10-20)18(4)12-17(21)16-11-13(2)19(5)14(16)3/h11,15H,6-10,12H2,1-5H3. The molecule has 2 heterocycles. The monoisotopic (exact) mass is 291 g/mol. The maximum Gasteiger partial charge on any atom is 0.178 e. The van der Waals surface area contributed by atoms with Crippen molar-refractivity contribution >= 4 is 5.78 Å². The molecule has 0 bridgehead atoms. The van der Waals surface area contributed by atoms with Crippen LogP contribution in [0.2, 0.25) is 0 Å². The molecule has 1 saturated heterocycles. The molecule has 1 fully saturated rings. The van der Waals surface area contributed by atoms with E-state index in [0.29, 0.717) is 12.6 Å². The van der Waals surface area contributed by atoms with Crippen molar-refractivity contribution in [1.29, 1.82) is 0 Å². The van der Waals surface area contributed by atoms with Crippen LogP contribution in [0.25, 0.3) is 0 Å². The summed E-state index contributed by atoms with van der Waals surface area (Å²) in [4.78, 5) is 17.3. The van der Waals surface area contributed by atoms with Gasteiger partial charge in [0, 0.05) is 30.0 Å². The Bertz CT molecular complexity index is 498. The lowest BCUT2D eigenvalue weighted by molar-refractivity contribution is 0.0858. The van der Waals surface area contributed by atoms with E-state index in [-0.39, 0.29) is 5.78 Å². The first-order valence-electron chi connectivity index (χ1n) is 8.02. The van der Waals surface area contributed by atoms with E-state index in [1.54, 1.807) is 0 Å². The number of carbonyl (C=O) groups excluding carboxylic acids is 1. The third-order valence-electron chi connectivity index (χ3n) is 5.10. The van der Waals surface area contributed by atoms with Crippen LogP contribution in [0.3, 0.4) is 0 Å². The van der Waals surface area contributed by atoms with Crippen molar-refractivity contribution in [2.24, 2.45) is 7.05 Å². The van der Waals surface area contributed by atoms with Gasteiger partial charge in [0.1, 0.15) is 0 Å². The van der Waals surface area contributed by atoms with Gasteiger partial charge in [0.05, 0.1) is 6.54 Å². The van der Waals surface area contributed by atoms with Crippen LogP contribution in [-0.2, 0) is 7.05 Å². The highest BCUT2D eigenvalue weighted by molar-refractivity contribution is 5.99. The summed E-state index contributed by atoms with van der Waals surface area (Å²) in [6, 6.07) is 2.56. The predicted octanol–water partition coefficient (Wildman–Crippen LogP) is 2.24. The van der Waals surface area contributed by atoms with Crippen LogP contribution in [0.4, 0.5) is 0 Å². The van der Waals surface area contributed by atoms with E-state index in [1.165, 1.54) is 12.8 Å². The molecule has 1 aromatic heterocycles. The van der Waals surface area contributed by atoms with Crippen LogP contribution >= 0.6 is 0 Å². The normalized spacial score (nSPS) is 17.6. The highest BCUT2D eigenvalue weighted by Gasteiger charge is 2.24. The van der Waals surface area contributed by atoms with E-state index in [4.69, 9.17) is 0 Å². The second kappa shape index (κ2) is 6.75. The van der Waals surface area contributed by atoms with Gasteiger partial charge in [0.15, 0.2) is 5.78 Å². The summed E-state index contributed by atoms with van der Waals surface area (Å²) in [5, 5.41) is 0. The molecule has 1 aromatic rings. The number of aromatic nitrogens is 1. The predicted molar refractivity (Wildman–Crippen MR) is 87.0 cm³/mol. The Morgan fingerprint density at radius 2 is 1.95 bits per heavy atom. The molecule has 0 N–H and O–H groups in total. The van der Waals surface area contributed by atoms with Crippen molar-refractivity contribution in [3.05, 3.63) is 23.0 Å². The fourth-order valence-corrected chi connectivity index (χ4v) is 3.25. The average Bonchev–Trinajstić information content (AvgIpc) is 2.75. The van der Waals surface area contributed by atoms with Gasteiger partial charge in [-0.25, -0.2) is 0 Å². The Balaban J connectivity index is 1.95. The first-order chi connectivity index (χ1) is 9.93. The lowest BCUT2D eigenvalue weighted by atomic mass is 10.0. The Morgan fingerprint density at radius 1 is 1.33 bits per heavy atom. The largest absolute Gasteiger partial charge is 0.351 e. The van der Waals surface area contributed by atoms with Crippen LogP contribution < -0.4 is 0 Å². The molecule has 21 heavy (non-hydrogen) atoms. The van der Waals surface area contributed by atoms with Crippen molar-refractivity contribution in [2.75, 3.05) is 33.2 Å². The molecule has 0 aromatic carbocycles. The zero-order valence-corrected chi connectivity index (χ0v) is 14.1. The van der Waals surface area contributed by atoms with E-state index < -0.39 is 0 Å². The number of hydrogen-bond donors (Lipinski definition) is 0. The van der Waals surface area contributed by atoms with Gasteiger partial charge in [0.25, 0.3) is 0 Å². The number of ketones is 1. The second-order valence-corrected chi connectivity index (χ2v) is 6.35. The average molecular weight is 291 g/mol. The number of carbonyl (C=O) groups is 1. The van der Waals surface area contributed by atoms with Crippen molar-refractivity contribution in [3.8, 4) is 0 Å². The van der Waals surface area contributed by atoms with Gasteiger partial charge in [0.2, 0.25) is 0 Å². The summed E-state index contributed by atoms with van der Waals surface area (Å²) in [6.45, 7) is 10.3. The number of piperidine rings is 1. The molecule has 0 saturated carbocycles. The molecule has 4 heteroatoms. The quantitative estimate of drug-likeness (QED) is 0.779. The number of hydrogen-bond acceptors (Lipinski definition) is 3. The molecular weight excluding hydrogens is 262 g/mol. The van der Waals surface area contributed by atoms with E-state index in [9.17, 15) is 4.79 Å². The van der Waals surface area contributed by atoms with E-state index >= 15 is 0 Å². The summed E-state index contributed by atoms with van der Waals surface area (Å²) in [7, 11) is 4.11. The Hall–Kier alpha value is -1.13. The van der Waals surface area contributed by atoms with E-state index in [1.807, 2.05) is 27.0 Å². The molecule has 0 unspecified atom stereocenters. The lowest BCUT2D eigenvalue weighted by Gasteiger charge is -2.36. The Kier molecular flexibility index (Phi) is 5.22. The van der Waals surface area contributed by atoms with Gasteiger partial charge in [-0.2, -0.15) is 0 Å². The van der Waals surface area contributed by atoms with Crippen LogP contribution in [0.15, 0.2) is 6.07 Å². The molecule has 1 aliphatic heterocycles. The summed E-state index contributed by atoms with van der Waals surface area (Å²) in [6.07, 6.45) is 2.34. The second-order valence-electron chi connectivity index (χ2n) is 6.35. The van der Waals surface area contributed by atoms with Crippen LogP contribution in [0, 0.1) is 13.8 Å². The smallest absolute Gasteiger partial charge is 0.178 e. The minimum absolute atomic E-state index is 0.247. The lowest BCUT2D eigenvalue weighted by Crippen LogP contribution is -2.44. The highest BCUT2D eigenvalue weighted by Crippen LogP contribution is 2.18. The zero-order valence-electron chi connectivity index (χ0n) is 14.1. The molecule has 2 rings (SSSR count). The highest BCUT2D eigenvalue weighted by atomic mass is 16.1. The molecule has 0 atom stereocenters. The number of likely N-dealkylation sites (N-methyl/N-ethyl adjacent to an activating group) is 1. The number of Topliss-reactive ketones (excluding diaryl/α,β-unsaturated/α-hetero) is 1. The van der Waals surface area contributed by atoms with Crippen molar-refractivity contribution in [1.82, 2.24) is 14.4 Å². The van der Waals surface area contributed by atoms with Crippen LogP contribution in [0.5, 0.6) is 0 Å². The van der Waals surface area contributed by atoms with Crippen LogP contribution in [0.1, 0.15) is 41.5 Å². The Labute approximate surface area is 128 Å². The molecule has 4 nitrogen and oxygen atoms in total. The summed E-state index contributed by atoms with van der Waals surface area (Å²) < 4.78 is 2.09. The molecule has 1 aliphatic rings. The summed E-state index contributed by atoms with van der Waals surface area (Å²) in [5.74, 6) is 0.247. The third-order valence-corrected chi connectivity index (χ3v) is 5.10. The maximum absolute atomic E-state index is 12.5.